The van der Waals surface area contributed by atoms with Crippen LogP contribution in [0.2, 0.25) is 5.02 Å². The van der Waals surface area contributed by atoms with Gasteiger partial charge in [0.15, 0.2) is 5.82 Å². The van der Waals surface area contributed by atoms with Gasteiger partial charge in [-0.15, -0.1) is 0 Å². The van der Waals surface area contributed by atoms with Crippen molar-refractivity contribution in [3.63, 3.8) is 0 Å². The molecular weight excluding hydrogens is 292 g/mol. The van der Waals surface area contributed by atoms with Gasteiger partial charge in [0, 0.05) is 10.9 Å². The van der Waals surface area contributed by atoms with Gasteiger partial charge in [0.05, 0.1) is 19.6 Å². The van der Waals surface area contributed by atoms with E-state index in [0.29, 0.717) is 23.2 Å². The number of halogens is 1. The molecule has 21 heavy (non-hydrogen) atoms. The van der Waals surface area contributed by atoms with E-state index in [-0.39, 0.29) is 18.9 Å². The lowest BCUT2D eigenvalue weighted by Gasteiger charge is -2.12. The minimum Gasteiger partial charge on any atom is -0.394 e. The molecule has 0 spiro atoms. The second kappa shape index (κ2) is 6.69. The third-order valence-electron chi connectivity index (χ3n) is 3.15. The van der Waals surface area contributed by atoms with Crippen molar-refractivity contribution in [3.8, 4) is 0 Å². The van der Waals surface area contributed by atoms with Crippen molar-refractivity contribution in [1.82, 2.24) is 14.8 Å². The van der Waals surface area contributed by atoms with E-state index < -0.39 is 5.91 Å². The zero-order valence-corrected chi connectivity index (χ0v) is 12.4. The Bertz CT molecular complexity index is 624. The SMILES string of the molecule is C[C@@H](c1ccc(Cl)cc1)c1nc(CC(N)=O)nn1CCO. The van der Waals surface area contributed by atoms with Crippen LogP contribution in [0.4, 0.5) is 0 Å². The molecule has 1 atom stereocenters. The fourth-order valence-corrected chi connectivity index (χ4v) is 2.24. The lowest BCUT2D eigenvalue weighted by Crippen LogP contribution is -2.15. The molecule has 0 radical (unpaired) electrons. The van der Waals surface area contributed by atoms with Crippen molar-refractivity contribution in [2.75, 3.05) is 6.61 Å². The summed E-state index contributed by atoms with van der Waals surface area (Å²) in [7, 11) is 0. The lowest BCUT2D eigenvalue weighted by molar-refractivity contribution is -0.117. The Morgan fingerprint density at radius 3 is 2.67 bits per heavy atom. The molecule has 0 bridgehead atoms. The largest absolute Gasteiger partial charge is 0.394 e. The number of aromatic nitrogens is 3. The summed E-state index contributed by atoms with van der Waals surface area (Å²) in [6.07, 6.45) is -0.0151. The van der Waals surface area contributed by atoms with Gasteiger partial charge in [0.1, 0.15) is 5.82 Å². The van der Waals surface area contributed by atoms with Crippen LogP contribution in [-0.2, 0) is 17.8 Å². The van der Waals surface area contributed by atoms with E-state index in [4.69, 9.17) is 22.4 Å². The number of aliphatic hydroxyl groups is 1. The van der Waals surface area contributed by atoms with E-state index in [2.05, 4.69) is 10.1 Å². The Kier molecular flexibility index (Phi) is 4.93. The Morgan fingerprint density at radius 1 is 1.43 bits per heavy atom. The molecule has 3 N–H and O–H groups in total. The van der Waals surface area contributed by atoms with Gasteiger partial charge in [-0.25, -0.2) is 9.67 Å². The second-order valence-corrected chi connectivity index (χ2v) is 5.19. The summed E-state index contributed by atoms with van der Waals surface area (Å²) in [5, 5.41) is 14.0. The fourth-order valence-electron chi connectivity index (χ4n) is 2.11. The summed E-state index contributed by atoms with van der Waals surface area (Å²) >= 11 is 5.89. The Hall–Kier alpha value is -1.92. The number of carbonyl (C=O) groups excluding carboxylic acids is 1. The van der Waals surface area contributed by atoms with Crippen LogP contribution in [0.25, 0.3) is 0 Å². The van der Waals surface area contributed by atoms with Gasteiger partial charge >= 0.3 is 0 Å². The zero-order chi connectivity index (χ0) is 15.4. The van der Waals surface area contributed by atoms with Gasteiger partial charge < -0.3 is 10.8 Å². The molecule has 0 saturated carbocycles. The number of nitrogens with zero attached hydrogens (tertiary/aromatic N) is 3. The van der Waals surface area contributed by atoms with Gasteiger partial charge in [-0.2, -0.15) is 5.10 Å². The summed E-state index contributed by atoms with van der Waals surface area (Å²) in [5.41, 5.74) is 6.19. The third-order valence-corrected chi connectivity index (χ3v) is 3.40. The van der Waals surface area contributed by atoms with Crippen LogP contribution < -0.4 is 5.73 Å². The molecule has 6 nitrogen and oxygen atoms in total. The normalized spacial score (nSPS) is 12.3. The number of hydrogen-bond acceptors (Lipinski definition) is 4. The molecule has 112 valence electrons. The average molecular weight is 309 g/mol. The van der Waals surface area contributed by atoms with E-state index >= 15 is 0 Å². The molecule has 1 aromatic heterocycles. The van der Waals surface area contributed by atoms with Crippen LogP contribution >= 0.6 is 11.6 Å². The number of hydrogen-bond donors (Lipinski definition) is 2. The number of nitrogens with two attached hydrogens (primary N) is 1. The maximum Gasteiger partial charge on any atom is 0.225 e. The van der Waals surface area contributed by atoms with Crippen molar-refractivity contribution in [2.45, 2.75) is 25.8 Å². The van der Waals surface area contributed by atoms with E-state index in [1.54, 1.807) is 4.68 Å². The number of aliphatic hydroxyl groups excluding tert-OH is 1. The summed E-state index contributed by atoms with van der Waals surface area (Å²) in [4.78, 5) is 15.4. The molecule has 0 saturated heterocycles. The molecule has 1 aromatic carbocycles. The third kappa shape index (κ3) is 3.80. The van der Waals surface area contributed by atoms with Crippen LogP contribution in [0.5, 0.6) is 0 Å². The van der Waals surface area contributed by atoms with Gasteiger partial charge in [-0.1, -0.05) is 30.7 Å². The van der Waals surface area contributed by atoms with Crippen molar-refractivity contribution >= 4 is 17.5 Å². The quantitative estimate of drug-likeness (QED) is 0.835. The summed E-state index contributed by atoms with van der Waals surface area (Å²) in [6.45, 7) is 2.24. The maximum absolute atomic E-state index is 11.0. The number of carbonyl (C=O) groups is 1. The highest BCUT2D eigenvalue weighted by molar-refractivity contribution is 6.30. The smallest absolute Gasteiger partial charge is 0.225 e. The van der Waals surface area contributed by atoms with Crippen LogP contribution in [0.15, 0.2) is 24.3 Å². The van der Waals surface area contributed by atoms with Gasteiger partial charge in [0.2, 0.25) is 5.91 Å². The minimum atomic E-state index is -0.484. The van der Waals surface area contributed by atoms with Crippen molar-refractivity contribution in [3.05, 3.63) is 46.5 Å². The first-order valence-corrected chi connectivity index (χ1v) is 6.97. The Morgan fingerprint density at radius 2 is 2.10 bits per heavy atom. The van der Waals surface area contributed by atoms with Crippen LogP contribution in [0, 0.1) is 0 Å². The van der Waals surface area contributed by atoms with E-state index in [1.807, 2.05) is 31.2 Å². The van der Waals surface area contributed by atoms with Crippen LogP contribution in [-0.4, -0.2) is 32.4 Å². The van der Waals surface area contributed by atoms with Gasteiger partial charge in [-0.3, -0.25) is 4.79 Å². The standard InChI is InChI=1S/C14H17ClN4O2/c1-9(10-2-4-11(15)5-3-10)14-17-13(8-12(16)21)18-19(14)6-7-20/h2-5,9,20H,6-8H2,1H3,(H2,16,21)/t9-/m0/s1. The highest BCUT2D eigenvalue weighted by atomic mass is 35.5. The number of rotatable bonds is 6. The van der Waals surface area contributed by atoms with Crippen molar-refractivity contribution in [1.29, 1.82) is 0 Å². The van der Waals surface area contributed by atoms with Crippen LogP contribution in [0.1, 0.15) is 30.1 Å². The summed E-state index contributed by atoms with van der Waals surface area (Å²) in [5.74, 6) is 0.527. The van der Waals surface area contributed by atoms with E-state index in [9.17, 15) is 4.79 Å². The van der Waals surface area contributed by atoms with Gasteiger partial charge in [-0.05, 0) is 17.7 Å². The highest BCUT2D eigenvalue weighted by Gasteiger charge is 2.18. The van der Waals surface area contributed by atoms with Crippen LogP contribution in [0.3, 0.4) is 0 Å². The predicted molar refractivity (Wildman–Crippen MR) is 79.0 cm³/mol. The molecule has 7 heteroatoms. The molecule has 2 rings (SSSR count). The van der Waals surface area contributed by atoms with E-state index in [0.717, 1.165) is 5.56 Å². The molecule has 0 aliphatic heterocycles. The molecule has 0 unspecified atom stereocenters. The number of primary amides is 1. The maximum atomic E-state index is 11.0. The lowest BCUT2D eigenvalue weighted by atomic mass is 10.0. The van der Waals surface area contributed by atoms with E-state index in [1.165, 1.54) is 0 Å². The monoisotopic (exact) mass is 308 g/mol. The minimum absolute atomic E-state index is 0.0151. The first kappa shape index (κ1) is 15.5. The summed E-state index contributed by atoms with van der Waals surface area (Å²) < 4.78 is 1.61. The summed E-state index contributed by atoms with van der Waals surface area (Å²) in [6, 6.07) is 7.45. The molecule has 2 aromatic rings. The molecule has 1 amide bonds. The first-order chi connectivity index (χ1) is 10.0. The molecular formula is C14H17ClN4O2. The Balaban J connectivity index is 2.33. The molecule has 0 aliphatic rings. The van der Waals surface area contributed by atoms with Gasteiger partial charge in [0.25, 0.3) is 0 Å². The van der Waals surface area contributed by atoms with Crippen molar-refractivity contribution < 1.29 is 9.90 Å². The predicted octanol–water partition coefficient (Wildman–Crippen LogP) is 1.10. The number of benzene rings is 1. The second-order valence-electron chi connectivity index (χ2n) is 4.75. The average Bonchev–Trinajstić information content (AvgIpc) is 2.81. The Labute approximate surface area is 127 Å². The fraction of sp³-hybridized carbons (Fsp3) is 0.357. The molecule has 0 fully saturated rings. The number of amides is 1. The molecule has 1 heterocycles. The first-order valence-electron chi connectivity index (χ1n) is 6.59. The van der Waals surface area contributed by atoms with Crippen molar-refractivity contribution in [2.24, 2.45) is 5.73 Å². The topological polar surface area (TPSA) is 94.0 Å². The molecule has 0 aliphatic carbocycles. The zero-order valence-electron chi connectivity index (χ0n) is 11.7. The highest BCUT2D eigenvalue weighted by Crippen LogP contribution is 2.24.